The van der Waals surface area contributed by atoms with Crippen LogP contribution >= 0.6 is 11.6 Å². The van der Waals surface area contributed by atoms with Crippen LogP contribution < -0.4 is 36.0 Å². The van der Waals surface area contributed by atoms with Gasteiger partial charge in [-0.25, -0.2) is 13.8 Å². The second-order valence-electron chi connectivity index (χ2n) is 17.8. The fourth-order valence-corrected chi connectivity index (χ4v) is 10.1. The molecule has 3 saturated heterocycles. The summed E-state index contributed by atoms with van der Waals surface area (Å²) in [6.07, 6.45) is 5.51. The molecule has 7 heterocycles. The first-order valence-electron chi connectivity index (χ1n) is 21.7. The number of nitrogens with one attached hydrogen (secondary N) is 3. The van der Waals surface area contributed by atoms with Gasteiger partial charge in [0.15, 0.2) is 12.4 Å². The summed E-state index contributed by atoms with van der Waals surface area (Å²) in [6, 6.07) is 10.2. The zero-order valence-corrected chi connectivity index (χ0v) is 35.9. The van der Waals surface area contributed by atoms with Gasteiger partial charge in [0.05, 0.1) is 51.9 Å². The normalized spacial score (nSPS) is 24.3. The number of anilines is 5. The molecule has 10 rings (SSSR count). The van der Waals surface area contributed by atoms with E-state index in [1.807, 2.05) is 23.9 Å². The number of para-hydroxylation sites is 1. The van der Waals surface area contributed by atoms with Gasteiger partial charge in [0.2, 0.25) is 23.5 Å². The highest BCUT2D eigenvalue weighted by Gasteiger charge is 2.51. The van der Waals surface area contributed by atoms with Crippen LogP contribution in [0.15, 0.2) is 47.4 Å². The van der Waals surface area contributed by atoms with Gasteiger partial charge in [-0.3, -0.25) is 29.3 Å². The minimum Gasteiger partial charge on any atom is -0.480 e. The Balaban J connectivity index is 0.802. The number of rotatable bonds is 8. The Labute approximate surface area is 366 Å². The van der Waals surface area contributed by atoms with E-state index in [2.05, 4.69) is 41.7 Å². The van der Waals surface area contributed by atoms with Crippen LogP contribution in [0.25, 0.3) is 21.8 Å². The van der Waals surface area contributed by atoms with Gasteiger partial charge in [-0.2, -0.15) is 10.1 Å². The molecule has 19 heteroatoms. The molecule has 1 unspecified atom stereocenters. The van der Waals surface area contributed by atoms with Gasteiger partial charge in [-0.1, -0.05) is 23.7 Å². The second kappa shape index (κ2) is 15.9. The highest BCUT2D eigenvalue weighted by atomic mass is 35.5. The van der Waals surface area contributed by atoms with Gasteiger partial charge in [0.25, 0.3) is 5.56 Å². The van der Waals surface area contributed by atoms with E-state index < -0.39 is 35.6 Å². The van der Waals surface area contributed by atoms with Crippen molar-refractivity contribution in [2.75, 3.05) is 72.9 Å². The molecule has 3 aromatic heterocycles. The Hall–Kier alpha value is -5.59. The highest BCUT2D eigenvalue weighted by molar-refractivity contribution is 6.33. The molecule has 3 atom stereocenters. The molecule has 5 aromatic rings. The lowest BCUT2D eigenvalue weighted by Crippen LogP contribution is -2.52. The zero-order valence-electron chi connectivity index (χ0n) is 35.2. The molecule has 4 fully saturated rings. The molecular formula is C44H50ClF2N11O5. The maximum absolute atomic E-state index is 15.2. The quantitative estimate of drug-likeness (QED) is 0.155. The van der Waals surface area contributed by atoms with Crippen LogP contribution in [0.2, 0.25) is 5.02 Å². The van der Waals surface area contributed by atoms with Crippen molar-refractivity contribution in [3.63, 3.8) is 0 Å². The molecule has 63 heavy (non-hydrogen) atoms. The molecule has 4 N–H and O–H groups in total. The van der Waals surface area contributed by atoms with E-state index in [1.54, 1.807) is 31.4 Å². The smallest absolute Gasteiger partial charge is 0.301 e. The van der Waals surface area contributed by atoms with E-state index in [0.717, 1.165) is 49.2 Å². The number of nitrogens with zero attached hydrogens (tertiary/aromatic N) is 8. The standard InChI is InChI=1S/C44H50ClF2N11O5/c1-54-31-11-9-26(21-29(31)35-37(41(54)61)63-24-44(46,47)38(51-35)25-7-8-25)49-39-30(45)22-48-42(52-39)58-15-4-13-43(62,14-16-58)23-56-17-19-57(20-18-56)32-6-3-5-27-34(53-55(2)36(27)32)28-10-12-33(59)50-40(28)60/h3,5-6,9,11,21-22,25,28,38,51,62H,4,7-8,10,12-20,23-24H2,1-2H3,(H,48,49,52)(H,50,59,60)/t28?,38-,43+/m0/s1. The van der Waals surface area contributed by atoms with E-state index in [-0.39, 0.29) is 34.2 Å². The Morgan fingerprint density at radius 1 is 0.984 bits per heavy atom. The minimum atomic E-state index is -3.15. The van der Waals surface area contributed by atoms with Gasteiger partial charge in [-0.15, -0.1) is 0 Å². The van der Waals surface area contributed by atoms with Crippen molar-refractivity contribution in [3.8, 4) is 5.75 Å². The molecule has 0 bridgehead atoms. The number of aryl methyl sites for hydroxylation is 2. The van der Waals surface area contributed by atoms with Crippen LogP contribution in [0, 0.1) is 5.92 Å². The lowest BCUT2D eigenvalue weighted by atomic mass is 9.92. The SMILES string of the molecule is Cn1nc(C2CCC(=O)NC2=O)c2cccc(N3CCN(C[C@@]4(O)CCCN(c5ncc(Cl)c(Nc6ccc7c(c6)c6c(c(=O)n7C)OCC(F)(F)[C@H](C7CC7)N6)n5)CC4)CC3)c21. The van der Waals surface area contributed by atoms with E-state index in [1.165, 1.54) is 4.57 Å². The van der Waals surface area contributed by atoms with E-state index in [0.29, 0.717) is 92.2 Å². The van der Waals surface area contributed by atoms with Crippen LogP contribution in [-0.4, -0.2) is 116 Å². The summed E-state index contributed by atoms with van der Waals surface area (Å²) in [5, 5.41) is 27.3. The number of ether oxygens (including phenoxy) is 1. The predicted octanol–water partition coefficient (Wildman–Crippen LogP) is 4.89. The Bertz CT molecular complexity index is 2700. The fraction of sp³-hybridized carbons (Fsp3) is 0.500. The molecule has 0 spiro atoms. The molecule has 5 aliphatic rings. The first-order valence-corrected chi connectivity index (χ1v) is 22.1. The summed E-state index contributed by atoms with van der Waals surface area (Å²) in [7, 11) is 3.48. The second-order valence-corrected chi connectivity index (χ2v) is 18.2. The number of fused-ring (bicyclic) bond motifs is 4. The van der Waals surface area contributed by atoms with Crippen LogP contribution in [-0.2, 0) is 23.7 Å². The molecule has 0 radical (unpaired) electrons. The van der Waals surface area contributed by atoms with Crippen LogP contribution in [0.4, 0.5) is 37.6 Å². The monoisotopic (exact) mass is 885 g/mol. The average molecular weight is 886 g/mol. The Morgan fingerprint density at radius 3 is 2.57 bits per heavy atom. The van der Waals surface area contributed by atoms with Crippen molar-refractivity contribution in [2.45, 2.75) is 68.4 Å². The number of piperidine rings is 1. The van der Waals surface area contributed by atoms with Gasteiger partial charge in [0.1, 0.15) is 5.02 Å². The molecule has 1 saturated carbocycles. The first-order chi connectivity index (χ1) is 30.2. The number of alkyl halides is 2. The number of imide groups is 1. The third-order valence-electron chi connectivity index (χ3n) is 13.5. The Kier molecular flexibility index (Phi) is 10.4. The maximum atomic E-state index is 15.2. The summed E-state index contributed by atoms with van der Waals surface area (Å²) >= 11 is 6.65. The van der Waals surface area contributed by atoms with E-state index in [4.69, 9.17) is 26.4 Å². The van der Waals surface area contributed by atoms with Gasteiger partial charge < -0.3 is 34.8 Å². The van der Waals surface area contributed by atoms with E-state index >= 15 is 8.78 Å². The third kappa shape index (κ3) is 7.79. The topological polar surface area (TPSA) is 175 Å². The number of pyridine rings is 1. The number of hydrogen-bond acceptors (Lipinski definition) is 13. The number of carbonyl (C=O) groups is 2. The molecule has 2 amide bonds. The number of amides is 2. The maximum Gasteiger partial charge on any atom is 0.301 e. The number of aromatic nitrogens is 5. The molecule has 4 aliphatic heterocycles. The van der Waals surface area contributed by atoms with Gasteiger partial charge >= 0.3 is 5.92 Å². The summed E-state index contributed by atoms with van der Waals surface area (Å²) in [6.45, 7) is 3.88. The number of hydrogen-bond donors (Lipinski definition) is 4. The van der Waals surface area contributed by atoms with Crippen LogP contribution in [0.5, 0.6) is 5.75 Å². The molecular weight excluding hydrogens is 836 g/mol. The lowest BCUT2D eigenvalue weighted by Gasteiger charge is -2.40. The molecule has 16 nitrogen and oxygen atoms in total. The number of piperazine rings is 1. The fourth-order valence-electron chi connectivity index (χ4n) is 9.93. The number of halogens is 3. The summed E-state index contributed by atoms with van der Waals surface area (Å²) in [5.74, 6) is -3.68. The third-order valence-corrected chi connectivity index (χ3v) is 13.8. The lowest BCUT2D eigenvalue weighted by molar-refractivity contribution is -0.134. The van der Waals surface area contributed by atoms with Crippen molar-refractivity contribution in [3.05, 3.63) is 63.7 Å². The molecule has 2 aromatic carbocycles. The van der Waals surface area contributed by atoms with Crippen LogP contribution in [0.3, 0.4) is 0 Å². The van der Waals surface area contributed by atoms with Gasteiger partial charge in [0, 0.05) is 82.8 Å². The van der Waals surface area contributed by atoms with Gasteiger partial charge in [-0.05, 0) is 68.7 Å². The predicted molar refractivity (Wildman–Crippen MR) is 236 cm³/mol. The molecule has 332 valence electrons. The van der Waals surface area contributed by atoms with Crippen molar-refractivity contribution in [1.82, 2.24) is 34.5 Å². The Morgan fingerprint density at radius 2 is 1.79 bits per heavy atom. The number of β-amino-alcohol motifs (C(OH)–C–C–N with tert-alkyl or cyclic N) is 1. The van der Waals surface area contributed by atoms with Crippen molar-refractivity contribution in [2.24, 2.45) is 20.0 Å². The highest BCUT2D eigenvalue weighted by Crippen LogP contribution is 2.46. The summed E-state index contributed by atoms with van der Waals surface area (Å²) in [4.78, 5) is 53.9. The summed E-state index contributed by atoms with van der Waals surface area (Å²) < 4.78 is 39.1. The average Bonchev–Trinajstić information content (AvgIpc) is 4.09. The van der Waals surface area contributed by atoms with E-state index in [9.17, 15) is 19.5 Å². The largest absolute Gasteiger partial charge is 0.480 e. The van der Waals surface area contributed by atoms with Crippen molar-refractivity contribution < 1.29 is 28.2 Å². The number of aliphatic hydroxyl groups is 1. The molecule has 1 aliphatic carbocycles. The van der Waals surface area contributed by atoms with Crippen molar-refractivity contribution >= 4 is 74.0 Å². The first kappa shape index (κ1) is 41.4. The van der Waals surface area contributed by atoms with Crippen molar-refractivity contribution in [1.29, 1.82) is 0 Å². The summed E-state index contributed by atoms with van der Waals surface area (Å²) in [5.41, 5.74) is 2.68. The number of carbonyl (C=O) groups excluding carboxylic acids is 2. The zero-order chi connectivity index (χ0) is 43.8. The minimum absolute atomic E-state index is 0.127. The van der Waals surface area contributed by atoms with Crippen LogP contribution in [0.1, 0.15) is 56.6 Å². The number of benzene rings is 2.